The maximum Gasteiger partial charge on any atom is 0.254 e. The van der Waals surface area contributed by atoms with Crippen LogP contribution in [0.1, 0.15) is 55.2 Å². The molecule has 2 N–H and O–H groups in total. The van der Waals surface area contributed by atoms with Crippen molar-refractivity contribution in [3.63, 3.8) is 0 Å². The largest absolute Gasteiger partial charge is 0.491 e. The standard InChI is InChI=1S/C28H35N7O4S/c1-18(2)39-24-7-5-6-22(14-24)31-28-30-15-21-16-34(17-25(21)32-28)23-9-11-35(19(3)12-23)27(36)20-8-10-29-26(13-20)33-40(4,37)38/h5-8,10,13-15,18-19,23H,9,11-12,16-17H2,1-4H3,(H,29,33)(H,30,31,32)/t19-,23+/m1/s1. The first-order chi connectivity index (χ1) is 19.0. The summed E-state index contributed by atoms with van der Waals surface area (Å²) in [7, 11) is -3.48. The fourth-order valence-electron chi connectivity index (χ4n) is 5.30. The normalized spacial score (nSPS) is 19.4. The van der Waals surface area contributed by atoms with Gasteiger partial charge < -0.3 is 15.0 Å². The van der Waals surface area contributed by atoms with E-state index in [-0.39, 0.29) is 23.9 Å². The topological polar surface area (TPSA) is 130 Å². The Labute approximate surface area is 235 Å². The molecule has 1 aromatic carbocycles. The van der Waals surface area contributed by atoms with Crippen LogP contribution in [0.15, 0.2) is 48.8 Å². The number of benzene rings is 1. The summed E-state index contributed by atoms with van der Waals surface area (Å²) in [6.07, 6.45) is 6.16. The monoisotopic (exact) mass is 565 g/mol. The van der Waals surface area contributed by atoms with E-state index in [0.717, 1.165) is 54.9 Å². The van der Waals surface area contributed by atoms with Gasteiger partial charge in [-0.25, -0.2) is 23.4 Å². The third-order valence-electron chi connectivity index (χ3n) is 7.07. The number of fused-ring (bicyclic) bond motifs is 1. The molecular weight excluding hydrogens is 530 g/mol. The molecule has 11 nitrogen and oxygen atoms in total. The van der Waals surface area contributed by atoms with Gasteiger partial charge in [0.05, 0.1) is 18.1 Å². The minimum absolute atomic E-state index is 0.0260. The van der Waals surface area contributed by atoms with Crippen LogP contribution < -0.4 is 14.8 Å². The maximum atomic E-state index is 13.3. The van der Waals surface area contributed by atoms with Crippen molar-refractivity contribution in [1.29, 1.82) is 0 Å². The van der Waals surface area contributed by atoms with Crippen LogP contribution in [0.5, 0.6) is 5.75 Å². The third-order valence-corrected chi connectivity index (χ3v) is 7.64. The van der Waals surface area contributed by atoms with E-state index in [1.165, 1.54) is 12.3 Å². The highest BCUT2D eigenvalue weighted by Crippen LogP contribution is 2.31. The van der Waals surface area contributed by atoms with Gasteiger partial charge >= 0.3 is 0 Å². The van der Waals surface area contributed by atoms with Gasteiger partial charge in [0, 0.05) is 67.0 Å². The zero-order valence-electron chi connectivity index (χ0n) is 23.2. The Balaban J connectivity index is 1.20. The molecule has 0 bridgehead atoms. The molecule has 2 atom stereocenters. The Morgan fingerprint density at radius 2 is 1.98 bits per heavy atom. The average Bonchev–Trinajstić information content (AvgIpc) is 3.31. The number of likely N-dealkylation sites (tertiary alicyclic amines) is 1. The van der Waals surface area contributed by atoms with Crippen molar-refractivity contribution in [2.24, 2.45) is 0 Å². The van der Waals surface area contributed by atoms with Gasteiger partial charge in [-0.15, -0.1) is 0 Å². The summed E-state index contributed by atoms with van der Waals surface area (Å²) < 4.78 is 31.2. The minimum Gasteiger partial charge on any atom is -0.491 e. The number of pyridine rings is 1. The second-order valence-electron chi connectivity index (χ2n) is 10.7. The van der Waals surface area contributed by atoms with Gasteiger partial charge in [-0.05, 0) is 57.9 Å². The number of sulfonamides is 1. The molecule has 2 aliphatic rings. The van der Waals surface area contributed by atoms with Crippen molar-refractivity contribution < 1.29 is 17.9 Å². The number of nitrogens with one attached hydrogen (secondary N) is 2. The summed E-state index contributed by atoms with van der Waals surface area (Å²) in [4.78, 5) is 30.9. The predicted molar refractivity (Wildman–Crippen MR) is 153 cm³/mol. The first-order valence-corrected chi connectivity index (χ1v) is 15.3. The predicted octanol–water partition coefficient (Wildman–Crippen LogP) is 3.78. The van der Waals surface area contributed by atoms with E-state index in [2.05, 4.69) is 31.8 Å². The van der Waals surface area contributed by atoms with Crippen LogP contribution in [0.3, 0.4) is 0 Å². The van der Waals surface area contributed by atoms with E-state index in [1.807, 2.05) is 49.2 Å². The molecule has 2 aromatic heterocycles. The lowest BCUT2D eigenvalue weighted by Gasteiger charge is -2.41. The van der Waals surface area contributed by atoms with Gasteiger partial charge in [0.15, 0.2) is 0 Å². The number of nitrogens with zero attached hydrogens (tertiary/aromatic N) is 5. The molecule has 0 aliphatic carbocycles. The SMILES string of the molecule is CC(C)Oc1cccc(Nc2ncc3c(n2)CN([C@H]2CCN(C(=O)c4ccnc(NS(C)(=O)=O)c4)[C@H](C)C2)C3)c1. The number of ether oxygens (including phenoxy) is 1. The lowest BCUT2D eigenvalue weighted by Crippen LogP contribution is -2.50. The molecule has 40 heavy (non-hydrogen) atoms. The van der Waals surface area contributed by atoms with Crippen LogP contribution in [0, 0.1) is 0 Å². The van der Waals surface area contributed by atoms with Crippen molar-refractivity contribution in [2.75, 3.05) is 22.8 Å². The highest BCUT2D eigenvalue weighted by Gasteiger charge is 2.35. The van der Waals surface area contributed by atoms with Gasteiger partial charge in [-0.2, -0.15) is 0 Å². The minimum atomic E-state index is -3.48. The summed E-state index contributed by atoms with van der Waals surface area (Å²) in [5, 5.41) is 3.29. The van der Waals surface area contributed by atoms with Crippen LogP contribution in [0.2, 0.25) is 0 Å². The van der Waals surface area contributed by atoms with Crippen molar-refractivity contribution >= 4 is 33.4 Å². The molecular formula is C28H35N7O4S. The van der Waals surface area contributed by atoms with E-state index < -0.39 is 10.0 Å². The number of amides is 1. The molecule has 212 valence electrons. The Bertz CT molecular complexity index is 1500. The smallest absolute Gasteiger partial charge is 0.254 e. The van der Waals surface area contributed by atoms with Gasteiger partial charge in [0.2, 0.25) is 16.0 Å². The molecule has 5 rings (SSSR count). The van der Waals surface area contributed by atoms with Crippen molar-refractivity contribution in [3.05, 3.63) is 65.6 Å². The van der Waals surface area contributed by atoms with Gasteiger partial charge in [0.25, 0.3) is 5.91 Å². The molecule has 1 saturated heterocycles. The molecule has 0 spiro atoms. The Kier molecular flexibility index (Phi) is 7.90. The van der Waals surface area contributed by atoms with E-state index >= 15 is 0 Å². The van der Waals surface area contributed by atoms with Crippen LogP contribution in [-0.2, 0) is 23.1 Å². The summed E-state index contributed by atoms with van der Waals surface area (Å²) in [5.74, 6) is 1.36. The van der Waals surface area contributed by atoms with Gasteiger partial charge in [-0.3, -0.25) is 14.4 Å². The highest BCUT2D eigenvalue weighted by atomic mass is 32.2. The zero-order valence-corrected chi connectivity index (χ0v) is 24.0. The first kappa shape index (κ1) is 27.8. The number of carbonyl (C=O) groups is 1. The number of hydrogen-bond acceptors (Lipinski definition) is 9. The van der Waals surface area contributed by atoms with Crippen molar-refractivity contribution in [3.8, 4) is 5.75 Å². The molecule has 4 heterocycles. The van der Waals surface area contributed by atoms with E-state index in [4.69, 9.17) is 9.72 Å². The second-order valence-corrected chi connectivity index (χ2v) is 12.5. The first-order valence-electron chi connectivity index (χ1n) is 13.4. The van der Waals surface area contributed by atoms with E-state index in [0.29, 0.717) is 24.1 Å². The Morgan fingerprint density at radius 1 is 1.15 bits per heavy atom. The lowest BCUT2D eigenvalue weighted by atomic mass is 9.96. The average molecular weight is 566 g/mol. The number of aromatic nitrogens is 3. The molecule has 1 amide bonds. The van der Waals surface area contributed by atoms with E-state index in [1.54, 1.807) is 6.07 Å². The number of piperidine rings is 1. The summed E-state index contributed by atoms with van der Waals surface area (Å²) in [5.41, 5.74) is 3.42. The molecule has 0 radical (unpaired) electrons. The van der Waals surface area contributed by atoms with Gasteiger partial charge in [0.1, 0.15) is 11.6 Å². The van der Waals surface area contributed by atoms with Crippen molar-refractivity contribution in [2.45, 2.75) is 64.9 Å². The van der Waals surface area contributed by atoms with Crippen molar-refractivity contribution in [1.82, 2.24) is 24.8 Å². The summed E-state index contributed by atoms with van der Waals surface area (Å²) >= 11 is 0. The summed E-state index contributed by atoms with van der Waals surface area (Å²) in [6.45, 7) is 8.18. The zero-order chi connectivity index (χ0) is 28.4. The van der Waals surface area contributed by atoms with Crippen LogP contribution in [-0.4, -0.2) is 70.1 Å². The Hall–Kier alpha value is -3.77. The quantitative estimate of drug-likeness (QED) is 0.419. The third kappa shape index (κ3) is 6.68. The number of hydrogen-bond donors (Lipinski definition) is 2. The number of anilines is 3. The fraction of sp³-hybridized carbons (Fsp3) is 0.429. The summed E-state index contributed by atoms with van der Waals surface area (Å²) in [6, 6.07) is 11.2. The second kappa shape index (κ2) is 11.4. The van der Waals surface area contributed by atoms with Gasteiger partial charge in [-0.1, -0.05) is 6.07 Å². The molecule has 12 heteroatoms. The van der Waals surface area contributed by atoms with Crippen LogP contribution in [0.4, 0.5) is 17.5 Å². The maximum absolute atomic E-state index is 13.3. The lowest BCUT2D eigenvalue weighted by molar-refractivity contribution is 0.0460. The number of rotatable bonds is 8. The number of carbonyl (C=O) groups excluding carboxylic acids is 1. The molecule has 0 unspecified atom stereocenters. The molecule has 2 aliphatic heterocycles. The molecule has 0 saturated carbocycles. The van der Waals surface area contributed by atoms with Crippen LogP contribution >= 0.6 is 0 Å². The fourth-order valence-corrected chi connectivity index (χ4v) is 5.79. The van der Waals surface area contributed by atoms with Crippen LogP contribution in [0.25, 0.3) is 0 Å². The highest BCUT2D eigenvalue weighted by molar-refractivity contribution is 7.92. The Morgan fingerprint density at radius 3 is 2.73 bits per heavy atom. The van der Waals surface area contributed by atoms with E-state index in [9.17, 15) is 13.2 Å². The molecule has 3 aromatic rings. The molecule has 1 fully saturated rings.